The van der Waals surface area contributed by atoms with Crippen LogP contribution >= 0.6 is 11.3 Å². The second-order valence-electron chi connectivity index (χ2n) is 4.23. The van der Waals surface area contributed by atoms with Crippen molar-refractivity contribution < 1.29 is 18.3 Å². The first kappa shape index (κ1) is 14.7. The highest BCUT2D eigenvalue weighted by molar-refractivity contribution is 7.89. The van der Waals surface area contributed by atoms with Crippen LogP contribution in [0.4, 0.5) is 0 Å². The molecule has 0 saturated heterocycles. The fourth-order valence-electron chi connectivity index (χ4n) is 1.71. The molecule has 0 amide bonds. The Bertz CT molecular complexity index is 746. The van der Waals surface area contributed by atoms with Gasteiger partial charge < -0.3 is 5.11 Å². The van der Waals surface area contributed by atoms with Crippen LogP contribution in [0.1, 0.15) is 26.5 Å². The van der Waals surface area contributed by atoms with Crippen molar-refractivity contribution in [1.29, 1.82) is 0 Å². The van der Waals surface area contributed by atoms with Crippen molar-refractivity contribution >= 4 is 27.3 Å². The molecule has 20 heavy (non-hydrogen) atoms. The summed E-state index contributed by atoms with van der Waals surface area (Å²) >= 11 is 0.900. The minimum Gasteiger partial charge on any atom is -0.477 e. The van der Waals surface area contributed by atoms with Crippen molar-refractivity contribution in [3.63, 3.8) is 0 Å². The summed E-state index contributed by atoms with van der Waals surface area (Å²) in [6, 6.07) is 0. The average Bonchev–Trinajstić information content (AvgIpc) is 2.93. The summed E-state index contributed by atoms with van der Waals surface area (Å²) in [4.78, 5) is 10.7. The summed E-state index contributed by atoms with van der Waals surface area (Å²) < 4.78 is 26.9. The number of carbonyl (C=O) groups is 1. The van der Waals surface area contributed by atoms with E-state index in [0.29, 0.717) is 11.1 Å². The fraction of sp³-hybridized carbons (Fsp3) is 0.273. The van der Waals surface area contributed by atoms with Gasteiger partial charge >= 0.3 is 5.97 Å². The number of sulfonamides is 1. The normalized spacial score (nSPS) is 11.7. The number of rotatable bonds is 5. The van der Waals surface area contributed by atoms with Gasteiger partial charge in [0.25, 0.3) is 0 Å². The molecule has 2 rings (SSSR count). The van der Waals surface area contributed by atoms with E-state index in [1.165, 1.54) is 11.6 Å². The van der Waals surface area contributed by atoms with E-state index in [4.69, 9.17) is 5.11 Å². The molecule has 0 atom stereocenters. The summed E-state index contributed by atoms with van der Waals surface area (Å²) in [5.41, 5.74) is 1.88. The SMILES string of the molecule is Cc1csc(C(=O)O)c1S(=O)(=O)NCc1cn[nH]c1C. The molecule has 2 aromatic rings. The monoisotopic (exact) mass is 315 g/mol. The van der Waals surface area contributed by atoms with E-state index < -0.39 is 16.0 Å². The lowest BCUT2D eigenvalue weighted by molar-refractivity contribution is 0.0698. The van der Waals surface area contributed by atoms with Gasteiger partial charge in [0.05, 0.1) is 6.20 Å². The Kier molecular flexibility index (Phi) is 3.93. The molecule has 0 bridgehead atoms. The lowest BCUT2D eigenvalue weighted by Crippen LogP contribution is -2.25. The Hall–Kier alpha value is -1.71. The van der Waals surface area contributed by atoms with Gasteiger partial charge in [0.2, 0.25) is 10.0 Å². The van der Waals surface area contributed by atoms with Crippen LogP contribution in [0.15, 0.2) is 16.5 Å². The predicted molar refractivity (Wildman–Crippen MR) is 73.4 cm³/mol. The standard InChI is InChI=1S/C11H13N3O4S2/c1-6-5-19-9(11(15)16)10(6)20(17,18)13-4-8-3-12-14-7(8)2/h3,5,13H,4H2,1-2H3,(H,12,14)(H,15,16). The molecule has 0 fully saturated rings. The molecule has 0 saturated carbocycles. The molecule has 0 spiro atoms. The number of hydrogen-bond acceptors (Lipinski definition) is 5. The van der Waals surface area contributed by atoms with Gasteiger partial charge in [-0.05, 0) is 24.8 Å². The number of nitrogens with zero attached hydrogens (tertiary/aromatic N) is 1. The molecule has 0 aliphatic carbocycles. The molecule has 0 unspecified atom stereocenters. The lowest BCUT2D eigenvalue weighted by Gasteiger charge is -2.07. The maximum Gasteiger partial charge on any atom is 0.347 e. The van der Waals surface area contributed by atoms with Crippen LogP contribution in [0, 0.1) is 13.8 Å². The number of aryl methyl sites for hydroxylation is 2. The van der Waals surface area contributed by atoms with E-state index in [1.807, 2.05) is 0 Å². The van der Waals surface area contributed by atoms with Gasteiger partial charge in [-0.25, -0.2) is 17.9 Å². The first-order valence-electron chi connectivity index (χ1n) is 5.63. The molecule has 7 nitrogen and oxygen atoms in total. The van der Waals surface area contributed by atoms with Crippen LogP contribution in [-0.2, 0) is 16.6 Å². The number of carboxylic acid groups (broad SMARTS) is 1. The van der Waals surface area contributed by atoms with Crippen molar-refractivity contribution in [3.05, 3.63) is 33.3 Å². The molecule has 0 aliphatic heterocycles. The summed E-state index contributed by atoms with van der Waals surface area (Å²) in [6.45, 7) is 3.40. The Morgan fingerprint density at radius 1 is 1.50 bits per heavy atom. The number of aromatic carboxylic acids is 1. The van der Waals surface area contributed by atoms with Crippen LogP contribution in [0.2, 0.25) is 0 Å². The zero-order valence-electron chi connectivity index (χ0n) is 10.8. The van der Waals surface area contributed by atoms with Crippen LogP contribution < -0.4 is 4.72 Å². The van der Waals surface area contributed by atoms with Crippen molar-refractivity contribution in [2.75, 3.05) is 0 Å². The number of aromatic nitrogens is 2. The molecular formula is C11H13N3O4S2. The second-order valence-corrected chi connectivity index (χ2v) is 6.81. The Balaban J connectivity index is 2.29. The number of thiophene rings is 1. The summed E-state index contributed by atoms with van der Waals surface area (Å²) in [5, 5.41) is 17.1. The Morgan fingerprint density at radius 3 is 2.75 bits per heavy atom. The van der Waals surface area contributed by atoms with Crippen LogP contribution in [0.3, 0.4) is 0 Å². The van der Waals surface area contributed by atoms with Crippen molar-refractivity contribution in [2.45, 2.75) is 25.3 Å². The highest BCUT2D eigenvalue weighted by atomic mass is 32.2. The van der Waals surface area contributed by atoms with E-state index in [-0.39, 0.29) is 16.3 Å². The van der Waals surface area contributed by atoms with Gasteiger partial charge in [-0.15, -0.1) is 11.3 Å². The first-order valence-corrected chi connectivity index (χ1v) is 7.99. The van der Waals surface area contributed by atoms with Gasteiger partial charge in [-0.1, -0.05) is 0 Å². The molecule has 2 aromatic heterocycles. The topological polar surface area (TPSA) is 112 Å². The van der Waals surface area contributed by atoms with E-state index in [0.717, 1.165) is 17.0 Å². The van der Waals surface area contributed by atoms with Crippen molar-refractivity contribution in [1.82, 2.24) is 14.9 Å². The molecule has 3 N–H and O–H groups in total. The number of aromatic amines is 1. The maximum atomic E-state index is 12.2. The minimum atomic E-state index is -3.88. The van der Waals surface area contributed by atoms with Gasteiger partial charge in [-0.2, -0.15) is 5.10 Å². The predicted octanol–water partition coefficient (Wildman–Crippen LogP) is 1.26. The third-order valence-electron chi connectivity index (χ3n) is 2.77. The highest BCUT2D eigenvalue weighted by Crippen LogP contribution is 2.26. The molecular weight excluding hydrogens is 302 g/mol. The molecule has 0 radical (unpaired) electrons. The second kappa shape index (κ2) is 5.35. The van der Waals surface area contributed by atoms with Gasteiger partial charge in [0.1, 0.15) is 9.77 Å². The zero-order chi connectivity index (χ0) is 14.9. The van der Waals surface area contributed by atoms with Gasteiger partial charge in [-0.3, -0.25) is 5.10 Å². The smallest absolute Gasteiger partial charge is 0.347 e. The zero-order valence-corrected chi connectivity index (χ0v) is 12.4. The Labute approximate surface area is 119 Å². The molecule has 0 aliphatic rings. The molecule has 9 heteroatoms. The van der Waals surface area contributed by atoms with E-state index >= 15 is 0 Å². The fourth-order valence-corrected chi connectivity index (χ4v) is 4.35. The minimum absolute atomic E-state index is 0.0546. The highest BCUT2D eigenvalue weighted by Gasteiger charge is 2.26. The number of carboxylic acids is 1. The first-order chi connectivity index (χ1) is 9.33. The van der Waals surface area contributed by atoms with Crippen molar-refractivity contribution in [2.24, 2.45) is 0 Å². The van der Waals surface area contributed by atoms with E-state index in [2.05, 4.69) is 14.9 Å². The number of H-pyrrole nitrogens is 1. The summed E-state index contributed by atoms with van der Waals surface area (Å²) in [5.74, 6) is -1.25. The Morgan fingerprint density at radius 2 is 2.20 bits per heavy atom. The number of hydrogen-bond donors (Lipinski definition) is 3. The lowest BCUT2D eigenvalue weighted by atomic mass is 10.3. The summed E-state index contributed by atoms with van der Waals surface area (Å²) in [7, 11) is -3.88. The van der Waals surface area contributed by atoms with E-state index in [9.17, 15) is 13.2 Å². The quantitative estimate of drug-likeness (QED) is 0.769. The third kappa shape index (κ3) is 2.74. The van der Waals surface area contributed by atoms with E-state index in [1.54, 1.807) is 13.8 Å². The van der Waals surface area contributed by atoms with Crippen LogP contribution in [0.5, 0.6) is 0 Å². The molecule has 108 valence electrons. The maximum absolute atomic E-state index is 12.2. The summed E-state index contributed by atoms with van der Waals surface area (Å²) in [6.07, 6.45) is 1.52. The van der Waals surface area contributed by atoms with Gasteiger partial charge in [0.15, 0.2) is 0 Å². The molecule has 0 aromatic carbocycles. The molecule has 2 heterocycles. The number of nitrogens with one attached hydrogen (secondary N) is 2. The van der Waals surface area contributed by atoms with Crippen LogP contribution in [-0.4, -0.2) is 29.7 Å². The van der Waals surface area contributed by atoms with Crippen LogP contribution in [0.25, 0.3) is 0 Å². The largest absolute Gasteiger partial charge is 0.477 e. The van der Waals surface area contributed by atoms with Gasteiger partial charge in [0, 0.05) is 17.8 Å². The van der Waals surface area contributed by atoms with Crippen molar-refractivity contribution in [3.8, 4) is 0 Å². The average molecular weight is 315 g/mol. The third-order valence-corrected chi connectivity index (χ3v) is 5.57.